The molecule has 2 aromatic rings. The fourth-order valence-corrected chi connectivity index (χ4v) is 2.21. The number of benzene rings is 2. The lowest BCUT2D eigenvalue weighted by Crippen LogP contribution is -2.53. The molecular weight excluding hydrogens is 350 g/mol. The normalized spacial score (nSPS) is 12.9. The van der Waals surface area contributed by atoms with Crippen molar-refractivity contribution in [2.24, 2.45) is 0 Å². The largest absolute Gasteiger partial charge is 0.493 e. The molecule has 0 fully saturated rings. The summed E-state index contributed by atoms with van der Waals surface area (Å²) in [6.45, 7) is 0.201. The summed E-state index contributed by atoms with van der Waals surface area (Å²) in [5.74, 6) is 0.103. The van der Waals surface area contributed by atoms with Crippen LogP contribution < -0.4 is 4.74 Å². The van der Waals surface area contributed by atoms with Gasteiger partial charge in [-0.05, 0) is 17.7 Å². The minimum atomic E-state index is -5.90. The van der Waals surface area contributed by atoms with Crippen LogP contribution in [0.5, 0.6) is 5.75 Å². The molecule has 0 aliphatic rings. The van der Waals surface area contributed by atoms with Crippen molar-refractivity contribution < 1.29 is 36.2 Å². The lowest BCUT2D eigenvalue weighted by molar-refractivity contribution is -0.376. The first kappa shape index (κ1) is 19.1. The Balaban J connectivity index is 2.10. The van der Waals surface area contributed by atoms with Crippen molar-refractivity contribution in [3.63, 3.8) is 0 Å². The molecule has 0 amide bonds. The second-order valence-corrected chi connectivity index (χ2v) is 5.31. The zero-order chi connectivity index (χ0) is 18.7. The van der Waals surface area contributed by atoms with Gasteiger partial charge in [0.1, 0.15) is 5.75 Å². The van der Waals surface area contributed by atoms with Crippen LogP contribution in [-0.2, 0) is 12.0 Å². The average Bonchev–Trinajstić information content (AvgIpc) is 2.54. The molecule has 0 atom stereocenters. The predicted molar refractivity (Wildman–Crippen MR) is 78.1 cm³/mol. The Bertz CT molecular complexity index is 663. The Morgan fingerprint density at radius 3 is 1.76 bits per heavy atom. The van der Waals surface area contributed by atoms with E-state index >= 15 is 0 Å². The van der Waals surface area contributed by atoms with Crippen molar-refractivity contribution >= 4 is 0 Å². The third kappa shape index (κ3) is 4.07. The molecular formula is C17H14F6O2. The topological polar surface area (TPSA) is 29.5 Å². The van der Waals surface area contributed by atoms with Gasteiger partial charge in [-0.3, -0.25) is 0 Å². The van der Waals surface area contributed by atoms with Crippen LogP contribution >= 0.6 is 0 Å². The molecule has 0 spiro atoms. The molecule has 25 heavy (non-hydrogen) atoms. The van der Waals surface area contributed by atoms with Gasteiger partial charge in [-0.25, -0.2) is 0 Å². The van der Waals surface area contributed by atoms with Gasteiger partial charge in [0.05, 0.1) is 6.61 Å². The van der Waals surface area contributed by atoms with Crippen LogP contribution in [0.25, 0.3) is 0 Å². The molecule has 0 saturated carbocycles. The fourth-order valence-electron chi connectivity index (χ4n) is 2.21. The van der Waals surface area contributed by atoms with E-state index in [-0.39, 0.29) is 12.4 Å². The Morgan fingerprint density at radius 1 is 0.760 bits per heavy atom. The number of ether oxygens (including phenoxy) is 1. The monoisotopic (exact) mass is 364 g/mol. The summed E-state index contributed by atoms with van der Waals surface area (Å²) in [4.78, 5) is 0. The van der Waals surface area contributed by atoms with Crippen molar-refractivity contribution in [1.29, 1.82) is 0 Å². The Labute approximate surface area is 139 Å². The second-order valence-electron chi connectivity index (χ2n) is 5.31. The summed E-state index contributed by atoms with van der Waals surface area (Å²) < 4.78 is 82.0. The highest BCUT2D eigenvalue weighted by atomic mass is 19.4. The lowest BCUT2D eigenvalue weighted by Gasteiger charge is -2.32. The highest BCUT2D eigenvalue weighted by Gasteiger charge is 2.71. The van der Waals surface area contributed by atoms with Crippen LogP contribution in [0.3, 0.4) is 0 Å². The van der Waals surface area contributed by atoms with Crippen molar-refractivity contribution in [3.05, 3.63) is 65.7 Å². The molecule has 0 heterocycles. The molecule has 2 rings (SSSR count). The van der Waals surface area contributed by atoms with Crippen molar-refractivity contribution in [2.45, 2.75) is 24.4 Å². The van der Waals surface area contributed by atoms with E-state index in [9.17, 15) is 31.4 Å². The van der Waals surface area contributed by atoms with Crippen LogP contribution in [0.1, 0.15) is 11.1 Å². The molecule has 0 bridgehead atoms. The molecule has 2 aromatic carbocycles. The van der Waals surface area contributed by atoms with Gasteiger partial charge in [-0.15, -0.1) is 0 Å². The summed E-state index contributed by atoms with van der Waals surface area (Å²) in [5.41, 5.74) is -5.27. The third-order valence-electron chi connectivity index (χ3n) is 3.59. The molecule has 136 valence electrons. The standard InChI is InChI=1S/C17H14F6O2/c18-16(19,20)15(24,17(21,22)23)13-6-8-14(9-7-13)25-11-10-12-4-2-1-3-5-12/h1-9,24H,10-11H2. The van der Waals surface area contributed by atoms with Crippen LogP contribution in [0.15, 0.2) is 54.6 Å². The van der Waals surface area contributed by atoms with Crippen LogP contribution in [0.2, 0.25) is 0 Å². The molecule has 0 aliphatic carbocycles. The minimum absolute atomic E-state index is 0.103. The van der Waals surface area contributed by atoms with E-state index < -0.39 is 23.5 Å². The predicted octanol–water partition coefficient (Wildman–Crippen LogP) is 4.62. The molecule has 2 nitrogen and oxygen atoms in total. The van der Waals surface area contributed by atoms with Crippen molar-refractivity contribution in [1.82, 2.24) is 0 Å². The van der Waals surface area contributed by atoms with Gasteiger partial charge in [0, 0.05) is 12.0 Å². The summed E-state index contributed by atoms with van der Waals surface area (Å²) in [5, 5.41) is 9.28. The second kappa shape index (κ2) is 6.95. The maximum atomic E-state index is 12.8. The Hall–Kier alpha value is -2.22. The van der Waals surface area contributed by atoms with E-state index in [0.29, 0.717) is 18.6 Å². The summed E-state index contributed by atoms with van der Waals surface area (Å²) in [6, 6.07) is 12.3. The SMILES string of the molecule is OC(c1ccc(OCCc2ccccc2)cc1)(C(F)(F)F)C(F)(F)F. The third-order valence-corrected chi connectivity index (χ3v) is 3.59. The Morgan fingerprint density at radius 2 is 1.28 bits per heavy atom. The van der Waals surface area contributed by atoms with E-state index in [2.05, 4.69) is 0 Å². The summed E-state index contributed by atoms with van der Waals surface area (Å²) >= 11 is 0. The van der Waals surface area contributed by atoms with Gasteiger partial charge < -0.3 is 9.84 Å². The molecule has 0 saturated heterocycles. The number of rotatable bonds is 5. The summed E-state index contributed by atoms with van der Waals surface area (Å²) in [7, 11) is 0. The zero-order valence-electron chi connectivity index (χ0n) is 12.7. The van der Waals surface area contributed by atoms with E-state index in [0.717, 1.165) is 17.7 Å². The smallest absolute Gasteiger partial charge is 0.430 e. The van der Waals surface area contributed by atoms with E-state index in [1.807, 2.05) is 30.3 Å². The average molecular weight is 364 g/mol. The highest BCUT2D eigenvalue weighted by molar-refractivity contribution is 5.33. The van der Waals surface area contributed by atoms with Gasteiger partial charge in [-0.1, -0.05) is 42.5 Å². The molecule has 0 radical (unpaired) electrons. The van der Waals surface area contributed by atoms with Gasteiger partial charge in [0.25, 0.3) is 5.60 Å². The first-order valence-corrected chi connectivity index (χ1v) is 7.19. The van der Waals surface area contributed by atoms with Gasteiger partial charge in [0.2, 0.25) is 0 Å². The molecule has 8 heteroatoms. The van der Waals surface area contributed by atoms with Crippen LogP contribution in [0, 0.1) is 0 Å². The van der Waals surface area contributed by atoms with Crippen LogP contribution in [-0.4, -0.2) is 24.1 Å². The number of hydrogen-bond acceptors (Lipinski definition) is 2. The molecule has 0 aliphatic heterocycles. The number of halogens is 6. The minimum Gasteiger partial charge on any atom is -0.493 e. The first-order chi connectivity index (χ1) is 11.6. The zero-order valence-corrected chi connectivity index (χ0v) is 12.7. The Kier molecular flexibility index (Phi) is 5.31. The maximum absolute atomic E-state index is 12.8. The van der Waals surface area contributed by atoms with Gasteiger partial charge in [0.15, 0.2) is 0 Å². The van der Waals surface area contributed by atoms with Gasteiger partial charge >= 0.3 is 12.4 Å². The maximum Gasteiger partial charge on any atom is 0.430 e. The fraction of sp³-hybridized carbons (Fsp3) is 0.294. The highest BCUT2D eigenvalue weighted by Crippen LogP contribution is 2.50. The van der Waals surface area contributed by atoms with Crippen molar-refractivity contribution in [2.75, 3.05) is 6.61 Å². The molecule has 0 unspecified atom stereocenters. The van der Waals surface area contributed by atoms with Crippen molar-refractivity contribution in [3.8, 4) is 5.75 Å². The lowest BCUT2D eigenvalue weighted by atomic mass is 9.92. The molecule has 1 N–H and O–H groups in total. The quantitative estimate of drug-likeness (QED) is 0.785. The number of hydrogen-bond donors (Lipinski definition) is 1. The number of alkyl halides is 6. The van der Waals surface area contributed by atoms with E-state index in [1.165, 1.54) is 0 Å². The van der Waals surface area contributed by atoms with Crippen LogP contribution in [0.4, 0.5) is 26.3 Å². The molecule has 0 aromatic heterocycles. The van der Waals surface area contributed by atoms with E-state index in [4.69, 9.17) is 4.74 Å². The first-order valence-electron chi connectivity index (χ1n) is 7.19. The summed E-state index contributed by atoms with van der Waals surface area (Å²) in [6.07, 6.45) is -11.3. The number of aliphatic hydroxyl groups is 1. The van der Waals surface area contributed by atoms with Gasteiger partial charge in [-0.2, -0.15) is 26.3 Å². The van der Waals surface area contributed by atoms with E-state index in [1.54, 1.807) is 0 Å².